The topological polar surface area (TPSA) is 113 Å². The van der Waals surface area contributed by atoms with Crippen molar-refractivity contribution in [1.82, 2.24) is 16.0 Å². The standard InChI is InChI=1S/C15H28N4O3/c1-3-10(2)13(14(16)21)19-12(20)9-17-15(22)18-11-7-5-4-6-8-11/h10-11,13H,3-9H2,1-2H3,(H2,16,21)(H,19,20)(H2,17,18,22). The van der Waals surface area contributed by atoms with Gasteiger partial charge in [0.05, 0.1) is 6.54 Å². The Morgan fingerprint density at radius 3 is 2.36 bits per heavy atom. The van der Waals surface area contributed by atoms with Crippen LogP contribution in [0.5, 0.6) is 0 Å². The van der Waals surface area contributed by atoms with Crippen molar-refractivity contribution in [3.8, 4) is 0 Å². The predicted octanol–water partition coefficient (Wildman–Crippen LogP) is 0.635. The van der Waals surface area contributed by atoms with Crippen LogP contribution in [0.25, 0.3) is 0 Å². The largest absolute Gasteiger partial charge is 0.368 e. The summed E-state index contributed by atoms with van der Waals surface area (Å²) in [5, 5.41) is 7.95. The molecule has 1 aliphatic carbocycles. The zero-order chi connectivity index (χ0) is 16.5. The lowest BCUT2D eigenvalue weighted by Crippen LogP contribution is -2.52. The third-order valence-electron chi connectivity index (χ3n) is 4.19. The first-order valence-corrected chi connectivity index (χ1v) is 8.07. The first-order chi connectivity index (χ1) is 10.4. The van der Waals surface area contributed by atoms with E-state index in [9.17, 15) is 14.4 Å². The van der Waals surface area contributed by atoms with Gasteiger partial charge in [-0.2, -0.15) is 0 Å². The maximum atomic E-state index is 11.8. The summed E-state index contributed by atoms with van der Waals surface area (Å²) in [6.45, 7) is 3.60. The second kappa shape index (κ2) is 9.27. The number of nitrogens with two attached hydrogens (primary N) is 1. The van der Waals surface area contributed by atoms with Crippen LogP contribution in [0, 0.1) is 5.92 Å². The fraction of sp³-hybridized carbons (Fsp3) is 0.800. The summed E-state index contributed by atoms with van der Waals surface area (Å²) in [6, 6.07) is -0.864. The van der Waals surface area contributed by atoms with Crippen LogP contribution in [-0.2, 0) is 9.59 Å². The average molecular weight is 312 g/mol. The number of hydrogen-bond acceptors (Lipinski definition) is 3. The molecule has 5 N–H and O–H groups in total. The van der Waals surface area contributed by atoms with E-state index in [2.05, 4.69) is 16.0 Å². The summed E-state index contributed by atoms with van der Waals surface area (Å²) >= 11 is 0. The molecule has 1 aliphatic rings. The van der Waals surface area contributed by atoms with Crippen LogP contribution in [-0.4, -0.2) is 36.5 Å². The molecule has 2 atom stereocenters. The van der Waals surface area contributed by atoms with Crippen LogP contribution in [0.3, 0.4) is 0 Å². The van der Waals surface area contributed by atoms with Gasteiger partial charge in [-0.1, -0.05) is 39.5 Å². The fourth-order valence-electron chi connectivity index (χ4n) is 2.60. The molecule has 1 rings (SSSR count). The zero-order valence-electron chi connectivity index (χ0n) is 13.5. The van der Waals surface area contributed by atoms with Crippen molar-refractivity contribution in [3.63, 3.8) is 0 Å². The number of carbonyl (C=O) groups is 3. The minimum Gasteiger partial charge on any atom is -0.368 e. The molecule has 0 radical (unpaired) electrons. The van der Waals surface area contributed by atoms with Crippen molar-refractivity contribution in [2.45, 2.75) is 64.5 Å². The molecule has 126 valence electrons. The number of primary amides is 1. The van der Waals surface area contributed by atoms with E-state index in [1.807, 2.05) is 13.8 Å². The molecule has 7 nitrogen and oxygen atoms in total. The second-order valence-electron chi connectivity index (χ2n) is 6.00. The smallest absolute Gasteiger partial charge is 0.315 e. The molecular formula is C15H28N4O3. The Bertz CT molecular complexity index is 394. The molecule has 2 unspecified atom stereocenters. The number of rotatable bonds is 7. The van der Waals surface area contributed by atoms with E-state index in [4.69, 9.17) is 5.73 Å². The Hall–Kier alpha value is -1.79. The number of carbonyl (C=O) groups excluding carboxylic acids is 3. The highest BCUT2D eigenvalue weighted by molar-refractivity contribution is 5.89. The van der Waals surface area contributed by atoms with Gasteiger partial charge in [-0.15, -0.1) is 0 Å². The number of hydrogen-bond donors (Lipinski definition) is 4. The lowest BCUT2D eigenvalue weighted by molar-refractivity contribution is -0.127. The highest BCUT2D eigenvalue weighted by Crippen LogP contribution is 2.17. The van der Waals surface area contributed by atoms with Crippen molar-refractivity contribution in [1.29, 1.82) is 0 Å². The Morgan fingerprint density at radius 2 is 1.82 bits per heavy atom. The molecule has 1 fully saturated rings. The van der Waals surface area contributed by atoms with Gasteiger partial charge in [-0.25, -0.2) is 4.79 Å². The summed E-state index contributed by atoms with van der Waals surface area (Å²) in [4.78, 5) is 34.9. The highest BCUT2D eigenvalue weighted by atomic mass is 16.2. The van der Waals surface area contributed by atoms with E-state index in [0.717, 1.165) is 32.1 Å². The number of urea groups is 1. The van der Waals surface area contributed by atoms with Crippen LogP contribution in [0.1, 0.15) is 52.4 Å². The van der Waals surface area contributed by atoms with Gasteiger partial charge in [0.2, 0.25) is 11.8 Å². The predicted molar refractivity (Wildman–Crippen MR) is 84.0 cm³/mol. The van der Waals surface area contributed by atoms with Crippen LogP contribution in [0.15, 0.2) is 0 Å². The Morgan fingerprint density at radius 1 is 1.18 bits per heavy atom. The maximum absolute atomic E-state index is 11.8. The van der Waals surface area contributed by atoms with Gasteiger partial charge in [0.15, 0.2) is 0 Å². The number of nitrogens with one attached hydrogen (secondary N) is 3. The van der Waals surface area contributed by atoms with Crippen molar-refractivity contribution >= 4 is 17.8 Å². The van der Waals surface area contributed by atoms with Gasteiger partial charge in [-0.3, -0.25) is 9.59 Å². The minimum atomic E-state index is -0.708. The molecule has 1 saturated carbocycles. The van der Waals surface area contributed by atoms with Crippen molar-refractivity contribution in [2.24, 2.45) is 11.7 Å². The summed E-state index contributed by atoms with van der Waals surface area (Å²) in [7, 11) is 0. The van der Waals surface area contributed by atoms with Crippen molar-refractivity contribution < 1.29 is 14.4 Å². The van der Waals surface area contributed by atoms with E-state index in [-0.39, 0.29) is 24.5 Å². The third-order valence-corrected chi connectivity index (χ3v) is 4.19. The van der Waals surface area contributed by atoms with E-state index in [1.54, 1.807) is 0 Å². The molecule has 0 aliphatic heterocycles. The molecule has 0 aromatic rings. The SMILES string of the molecule is CCC(C)C(NC(=O)CNC(=O)NC1CCCCC1)C(N)=O. The zero-order valence-corrected chi connectivity index (χ0v) is 13.5. The van der Waals surface area contributed by atoms with Crippen molar-refractivity contribution in [2.75, 3.05) is 6.54 Å². The molecule has 0 aromatic heterocycles. The first kappa shape index (κ1) is 18.3. The van der Waals surface area contributed by atoms with E-state index < -0.39 is 17.9 Å². The number of amides is 4. The second-order valence-corrected chi connectivity index (χ2v) is 6.00. The van der Waals surface area contributed by atoms with Gasteiger partial charge in [-0.05, 0) is 18.8 Å². The highest BCUT2D eigenvalue weighted by Gasteiger charge is 2.23. The molecule has 4 amide bonds. The molecule has 22 heavy (non-hydrogen) atoms. The van der Waals surface area contributed by atoms with E-state index in [0.29, 0.717) is 0 Å². The van der Waals surface area contributed by atoms with Gasteiger partial charge in [0, 0.05) is 6.04 Å². The minimum absolute atomic E-state index is 0.0440. The average Bonchev–Trinajstić information content (AvgIpc) is 2.50. The molecule has 0 saturated heterocycles. The molecule has 7 heteroatoms. The van der Waals surface area contributed by atoms with E-state index >= 15 is 0 Å². The molecular weight excluding hydrogens is 284 g/mol. The van der Waals surface area contributed by atoms with Crippen LogP contribution in [0.4, 0.5) is 4.79 Å². The van der Waals surface area contributed by atoms with Crippen LogP contribution < -0.4 is 21.7 Å². The Labute approximate surface area is 131 Å². The monoisotopic (exact) mass is 312 g/mol. The quantitative estimate of drug-likeness (QED) is 0.553. The maximum Gasteiger partial charge on any atom is 0.315 e. The molecule has 0 bridgehead atoms. The normalized spacial score (nSPS) is 18.1. The Balaban J connectivity index is 2.31. The lowest BCUT2D eigenvalue weighted by atomic mass is 9.96. The van der Waals surface area contributed by atoms with Gasteiger partial charge < -0.3 is 21.7 Å². The van der Waals surface area contributed by atoms with Gasteiger partial charge in [0.1, 0.15) is 6.04 Å². The van der Waals surface area contributed by atoms with Crippen molar-refractivity contribution in [3.05, 3.63) is 0 Å². The first-order valence-electron chi connectivity index (χ1n) is 8.07. The molecule has 0 spiro atoms. The summed E-state index contributed by atoms with van der Waals surface area (Å²) < 4.78 is 0. The van der Waals surface area contributed by atoms with Gasteiger partial charge in [0.25, 0.3) is 0 Å². The third kappa shape index (κ3) is 6.32. The molecule has 0 aromatic carbocycles. The van der Waals surface area contributed by atoms with Crippen LogP contribution in [0.2, 0.25) is 0 Å². The Kier molecular flexibility index (Phi) is 7.70. The summed E-state index contributed by atoms with van der Waals surface area (Å²) in [5.74, 6) is -1.02. The van der Waals surface area contributed by atoms with E-state index in [1.165, 1.54) is 6.42 Å². The molecule has 0 heterocycles. The fourth-order valence-corrected chi connectivity index (χ4v) is 2.60. The summed E-state index contributed by atoms with van der Waals surface area (Å²) in [6.07, 6.45) is 6.16. The lowest BCUT2D eigenvalue weighted by Gasteiger charge is -2.23. The van der Waals surface area contributed by atoms with Gasteiger partial charge >= 0.3 is 6.03 Å². The summed E-state index contributed by atoms with van der Waals surface area (Å²) in [5.41, 5.74) is 5.29. The van der Waals surface area contributed by atoms with Crippen LogP contribution >= 0.6 is 0 Å².